The van der Waals surface area contributed by atoms with Crippen molar-refractivity contribution in [2.24, 2.45) is 0 Å². The summed E-state index contributed by atoms with van der Waals surface area (Å²) in [6, 6.07) is 0. The number of aliphatic hydroxyl groups excluding tert-OH is 1. The van der Waals surface area contributed by atoms with Gasteiger partial charge < -0.3 is 14.6 Å². The van der Waals surface area contributed by atoms with Crippen molar-refractivity contribution in [1.82, 2.24) is 0 Å². The molecule has 0 aromatic heterocycles. The Bertz CT molecular complexity index is 988. The molecule has 0 radical (unpaired) electrons. The summed E-state index contributed by atoms with van der Waals surface area (Å²) >= 11 is 0. The van der Waals surface area contributed by atoms with Crippen LogP contribution in [0, 0.1) is 0 Å². The first-order valence-corrected chi connectivity index (χ1v) is 22.5. The van der Waals surface area contributed by atoms with Gasteiger partial charge in [-0.2, -0.15) is 0 Å². The minimum absolute atomic E-state index is 0.140. The normalized spacial score (nSPS) is 12.9. The Hall–Kier alpha value is -2.66. The van der Waals surface area contributed by atoms with Crippen LogP contribution in [-0.4, -0.2) is 36.4 Å². The van der Waals surface area contributed by atoms with Crippen LogP contribution in [-0.2, 0) is 19.1 Å². The maximum Gasteiger partial charge on any atom is 0.306 e. The Balaban J connectivity index is 3.51. The van der Waals surface area contributed by atoms with Gasteiger partial charge in [0, 0.05) is 12.8 Å². The number of unbranched alkanes of at least 4 members (excludes halogenated alkanes) is 20. The van der Waals surface area contributed by atoms with Crippen LogP contribution in [0.4, 0.5) is 0 Å². The number of hydrogen-bond acceptors (Lipinski definition) is 5. The number of hydrogen-bond donors (Lipinski definition) is 1. The fraction of sp³-hybridized carbons (Fsp3) is 0.714. The SMILES string of the molecule is CC/C=C\C/C=C\C/C=C\C/C=C\C/C=C\C/C=C\CCC(=O)OC[C@H](O)COC(=O)CCCCCCCCCCCCCCCCCCCCCCC. The van der Waals surface area contributed by atoms with E-state index in [-0.39, 0.29) is 31.6 Å². The molecule has 0 aromatic carbocycles. The fourth-order valence-corrected chi connectivity index (χ4v) is 6.11. The predicted octanol–water partition coefficient (Wildman–Crippen LogP) is 14.5. The van der Waals surface area contributed by atoms with Crippen molar-refractivity contribution in [3.05, 3.63) is 72.9 Å². The standard InChI is InChI=1S/C49H84O5/c1-3-5-7-9-11-13-15-17-19-21-23-24-26-28-30-32-34-36-38-40-42-44-49(52)54-46-47(50)45-53-48(51)43-41-39-37-35-33-31-29-27-25-22-20-18-16-14-12-10-8-6-4-2/h6,8,12,14,18,20,25,27,31,33,37,39,47,50H,3-5,7,9-11,13,15-17,19,21-24,26,28-30,32,34-36,38,40-46H2,1-2H3/b8-6-,14-12-,20-18-,27-25-,33-31-,39-37-/t47-/m0/s1. The largest absolute Gasteiger partial charge is 0.463 e. The number of carbonyl (C=O) groups is 2. The zero-order chi connectivity index (χ0) is 39.3. The Morgan fingerprint density at radius 3 is 1.06 bits per heavy atom. The van der Waals surface area contributed by atoms with E-state index in [0.29, 0.717) is 12.8 Å². The van der Waals surface area contributed by atoms with Crippen molar-refractivity contribution in [3.8, 4) is 0 Å². The van der Waals surface area contributed by atoms with Gasteiger partial charge in [-0.1, -0.05) is 215 Å². The molecule has 0 spiro atoms. The summed E-state index contributed by atoms with van der Waals surface area (Å²) in [4.78, 5) is 24.0. The summed E-state index contributed by atoms with van der Waals surface area (Å²) in [5.74, 6) is -0.657. The van der Waals surface area contributed by atoms with E-state index < -0.39 is 6.10 Å². The van der Waals surface area contributed by atoms with Crippen molar-refractivity contribution in [3.63, 3.8) is 0 Å². The number of ether oxygens (including phenoxy) is 2. The number of carbonyl (C=O) groups excluding carboxylic acids is 2. The van der Waals surface area contributed by atoms with Gasteiger partial charge in [-0.15, -0.1) is 0 Å². The van der Waals surface area contributed by atoms with E-state index in [9.17, 15) is 14.7 Å². The minimum atomic E-state index is -0.997. The van der Waals surface area contributed by atoms with Crippen molar-refractivity contribution in [1.29, 1.82) is 0 Å². The van der Waals surface area contributed by atoms with Crippen LogP contribution >= 0.6 is 0 Å². The maximum atomic E-state index is 12.0. The van der Waals surface area contributed by atoms with E-state index in [1.54, 1.807) is 0 Å². The molecule has 54 heavy (non-hydrogen) atoms. The van der Waals surface area contributed by atoms with E-state index in [2.05, 4.69) is 74.6 Å². The number of allylic oxidation sites excluding steroid dienone is 12. The molecule has 0 saturated carbocycles. The summed E-state index contributed by atoms with van der Waals surface area (Å²) in [6.07, 6.45) is 59.8. The van der Waals surface area contributed by atoms with E-state index in [1.165, 1.54) is 116 Å². The highest BCUT2D eigenvalue weighted by Crippen LogP contribution is 2.15. The Kier molecular flexibility index (Phi) is 42.5. The van der Waals surface area contributed by atoms with Crippen molar-refractivity contribution >= 4 is 11.9 Å². The van der Waals surface area contributed by atoms with E-state index in [1.807, 2.05) is 12.2 Å². The molecule has 0 heterocycles. The smallest absolute Gasteiger partial charge is 0.306 e. The highest BCUT2D eigenvalue weighted by molar-refractivity contribution is 5.70. The average molecular weight is 753 g/mol. The lowest BCUT2D eigenvalue weighted by Crippen LogP contribution is -2.25. The van der Waals surface area contributed by atoms with Crippen molar-refractivity contribution in [2.75, 3.05) is 13.2 Å². The molecule has 0 aromatic rings. The van der Waals surface area contributed by atoms with Gasteiger partial charge in [0.15, 0.2) is 0 Å². The third-order valence-corrected chi connectivity index (χ3v) is 9.47. The van der Waals surface area contributed by atoms with Gasteiger partial charge in [0.05, 0.1) is 0 Å². The highest BCUT2D eigenvalue weighted by atomic mass is 16.6. The van der Waals surface area contributed by atoms with Gasteiger partial charge in [0.1, 0.15) is 19.3 Å². The molecule has 0 saturated heterocycles. The van der Waals surface area contributed by atoms with Crippen LogP contribution in [0.3, 0.4) is 0 Å². The van der Waals surface area contributed by atoms with Gasteiger partial charge in [-0.3, -0.25) is 9.59 Å². The van der Waals surface area contributed by atoms with Crippen molar-refractivity contribution < 1.29 is 24.2 Å². The monoisotopic (exact) mass is 753 g/mol. The maximum absolute atomic E-state index is 12.0. The second-order valence-corrected chi connectivity index (χ2v) is 14.8. The Morgan fingerprint density at radius 2 is 0.704 bits per heavy atom. The average Bonchev–Trinajstić information content (AvgIpc) is 3.17. The molecule has 0 fully saturated rings. The summed E-state index contributed by atoms with van der Waals surface area (Å²) in [5, 5.41) is 10.0. The van der Waals surface area contributed by atoms with E-state index in [0.717, 1.165) is 57.8 Å². The molecule has 5 nitrogen and oxygen atoms in total. The molecule has 0 bridgehead atoms. The van der Waals surface area contributed by atoms with Crippen LogP contribution in [0.1, 0.15) is 206 Å². The lowest BCUT2D eigenvalue weighted by Gasteiger charge is -2.12. The Morgan fingerprint density at radius 1 is 0.407 bits per heavy atom. The number of esters is 2. The summed E-state index contributed by atoms with van der Waals surface area (Å²) in [7, 11) is 0. The summed E-state index contributed by atoms with van der Waals surface area (Å²) in [6.45, 7) is 4.14. The molecule has 1 N–H and O–H groups in total. The Labute approximate surface area is 333 Å². The first-order valence-electron chi connectivity index (χ1n) is 22.5. The van der Waals surface area contributed by atoms with Gasteiger partial charge in [-0.25, -0.2) is 0 Å². The number of aliphatic hydroxyl groups is 1. The zero-order valence-corrected chi connectivity index (χ0v) is 35.2. The van der Waals surface area contributed by atoms with Crippen LogP contribution in [0.25, 0.3) is 0 Å². The van der Waals surface area contributed by atoms with E-state index >= 15 is 0 Å². The topological polar surface area (TPSA) is 72.8 Å². The minimum Gasteiger partial charge on any atom is -0.463 e. The molecule has 0 aliphatic heterocycles. The molecule has 1 atom stereocenters. The molecule has 0 amide bonds. The lowest BCUT2D eigenvalue weighted by molar-refractivity contribution is -0.152. The molecule has 0 aliphatic rings. The molecule has 0 unspecified atom stereocenters. The van der Waals surface area contributed by atoms with Crippen LogP contribution in [0.15, 0.2) is 72.9 Å². The van der Waals surface area contributed by atoms with Crippen molar-refractivity contribution in [2.45, 2.75) is 213 Å². The van der Waals surface area contributed by atoms with Crippen LogP contribution in [0.5, 0.6) is 0 Å². The molecular formula is C49H84O5. The second kappa shape index (κ2) is 44.7. The van der Waals surface area contributed by atoms with Gasteiger partial charge in [0.25, 0.3) is 0 Å². The summed E-state index contributed by atoms with van der Waals surface area (Å²) in [5.41, 5.74) is 0. The first-order chi connectivity index (χ1) is 26.6. The third kappa shape index (κ3) is 43.7. The van der Waals surface area contributed by atoms with Gasteiger partial charge >= 0.3 is 11.9 Å². The number of rotatable bonds is 40. The molecule has 5 heteroatoms. The highest BCUT2D eigenvalue weighted by Gasteiger charge is 2.11. The first kappa shape index (κ1) is 51.3. The van der Waals surface area contributed by atoms with E-state index in [4.69, 9.17) is 9.47 Å². The second-order valence-electron chi connectivity index (χ2n) is 14.8. The molecule has 310 valence electrons. The predicted molar refractivity (Wildman–Crippen MR) is 233 cm³/mol. The van der Waals surface area contributed by atoms with Gasteiger partial charge in [-0.05, 0) is 51.4 Å². The molecule has 0 rings (SSSR count). The third-order valence-electron chi connectivity index (χ3n) is 9.47. The van der Waals surface area contributed by atoms with Crippen LogP contribution < -0.4 is 0 Å². The summed E-state index contributed by atoms with van der Waals surface area (Å²) < 4.78 is 10.3. The fourth-order valence-electron chi connectivity index (χ4n) is 6.11. The quantitative estimate of drug-likeness (QED) is 0.0383. The molecule has 0 aliphatic carbocycles. The van der Waals surface area contributed by atoms with Gasteiger partial charge in [0.2, 0.25) is 0 Å². The van der Waals surface area contributed by atoms with Crippen LogP contribution in [0.2, 0.25) is 0 Å². The molecular weight excluding hydrogens is 669 g/mol. The zero-order valence-electron chi connectivity index (χ0n) is 35.2. The lowest BCUT2D eigenvalue weighted by atomic mass is 10.0.